The van der Waals surface area contributed by atoms with Crippen LogP contribution in [-0.2, 0) is 0 Å². The van der Waals surface area contributed by atoms with Gasteiger partial charge in [0.25, 0.3) is 5.91 Å². The van der Waals surface area contributed by atoms with Crippen LogP contribution in [0.5, 0.6) is 0 Å². The highest BCUT2D eigenvalue weighted by molar-refractivity contribution is 5.94. The highest BCUT2D eigenvalue weighted by atomic mass is 19.1. The van der Waals surface area contributed by atoms with E-state index in [4.69, 9.17) is 5.73 Å². The number of carbonyl (C=O) groups is 1. The molecule has 0 saturated carbocycles. The Labute approximate surface area is 105 Å². The van der Waals surface area contributed by atoms with E-state index in [1.807, 2.05) is 13.8 Å². The van der Waals surface area contributed by atoms with Crippen LogP contribution in [0.2, 0.25) is 0 Å². The second kappa shape index (κ2) is 6.44. The molecule has 0 fully saturated rings. The number of nitrogens with one attached hydrogen (secondary N) is 1. The monoisotopic (exact) mass is 256 g/mol. The lowest BCUT2D eigenvalue weighted by Crippen LogP contribution is -2.38. The molecule has 1 unspecified atom stereocenters. The van der Waals surface area contributed by atoms with Gasteiger partial charge in [-0.15, -0.1) is 0 Å². The van der Waals surface area contributed by atoms with Crippen molar-refractivity contribution in [2.45, 2.75) is 26.3 Å². The third-order valence-electron chi connectivity index (χ3n) is 2.47. The minimum absolute atomic E-state index is 0.169. The summed E-state index contributed by atoms with van der Waals surface area (Å²) in [6, 6.07) is 2.68. The van der Waals surface area contributed by atoms with Crippen LogP contribution >= 0.6 is 0 Å². The maximum absolute atomic E-state index is 13.3. The van der Waals surface area contributed by atoms with Crippen LogP contribution in [0.25, 0.3) is 0 Å². The summed E-state index contributed by atoms with van der Waals surface area (Å²) in [5, 5.41) is 2.54. The fraction of sp³-hybridized carbons (Fsp3) is 0.462. The Balaban J connectivity index is 2.55. The van der Waals surface area contributed by atoms with Gasteiger partial charge in [-0.05, 0) is 24.5 Å². The SMILES string of the molecule is CC(C)CC(N)CNC(=O)c1ccc(F)cc1F. The largest absolute Gasteiger partial charge is 0.350 e. The normalized spacial score (nSPS) is 12.6. The van der Waals surface area contributed by atoms with Gasteiger partial charge >= 0.3 is 0 Å². The molecule has 0 aliphatic carbocycles. The maximum Gasteiger partial charge on any atom is 0.254 e. The molecule has 0 aliphatic rings. The van der Waals surface area contributed by atoms with Gasteiger partial charge in [-0.3, -0.25) is 4.79 Å². The van der Waals surface area contributed by atoms with Crippen molar-refractivity contribution in [2.75, 3.05) is 6.54 Å². The number of carbonyl (C=O) groups excluding carboxylic acids is 1. The molecule has 18 heavy (non-hydrogen) atoms. The number of hydrogen-bond acceptors (Lipinski definition) is 2. The topological polar surface area (TPSA) is 55.1 Å². The van der Waals surface area contributed by atoms with Crippen molar-refractivity contribution in [3.8, 4) is 0 Å². The Morgan fingerprint density at radius 1 is 1.39 bits per heavy atom. The van der Waals surface area contributed by atoms with Gasteiger partial charge in [0.05, 0.1) is 5.56 Å². The predicted octanol–water partition coefficient (Wildman–Crippen LogP) is 2.07. The van der Waals surface area contributed by atoms with Gasteiger partial charge in [-0.1, -0.05) is 13.8 Å². The third kappa shape index (κ3) is 4.41. The van der Waals surface area contributed by atoms with Crippen LogP contribution in [0, 0.1) is 17.6 Å². The quantitative estimate of drug-likeness (QED) is 0.847. The Hall–Kier alpha value is -1.49. The molecule has 100 valence electrons. The number of amides is 1. The second-order valence-electron chi connectivity index (χ2n) is 4.72. The zero-order valence-corrected chi connectivity index (χ0v) is 10.5. The molecular formula is C13H18F2N2O. The number of rotatable bonds is 5. The second-order valence-corrected chi connectivity index (χ2v) is 4.72. The van der Waals surface area contributed by atoms with Crippen LogP contribution in [0.15, 0.2) is 18.2 Å². The van der Waals surface area contributed by atoms with Gasteiger partial charge in [0.1, 0.15) is 11.6 Å². The van der Waals surface area contributed by atoms with E-state index in [9.17, 15) is 13.6 Å². The molecule has 3 N–H and O–H groups in total. The van der Waals surface area contributed by atoms with Gasteiger partial charge in [-0.25, -0.2) is 8.78 Å². The Morgan fingerprint density at radius 3 is 2.61 bits per heavy atom. The molecule has 0 saturated heterocycles. The number of hydrogen-bond donors (Lipinski definition) is 2. The van der Waals surface area contributed by atoms with Gasteiger partial charge in [0, 0.05) is 18.7 Å². The summed E-state index contributed by atoms with van der Waals surface area (Å²) in [5.41, 5.74) is 5.62. The first-order valence-corrected chi connectivity index (χ1v) is 5.89. The maximum atomic E-state index is 13.3. The van der Waals surface area contributed by atoms with Crippen molar-refractivity contribution in [1.29, 1.82) is 0 Å². The zero-order valence-electron chi connectivity index (χ0n) is 10.5. The van der Waals surface area contributed by atoms with E-state index < -0.39 is 17.5 Å². The molecule has 1 aromatic rings. The van der Waals surface area contributed by atoms with Crippen LogP contribution in [-0.4, -0.2) is 18.5 Å². The number of benzene rings is 1. The Morgan fingerprint density at radius 2 is 2.06 bits per heavy atom. The summed E-state index contributed by atoms with van der Waals surface area (Å²) in [4.78, 5) is 11.6. The van der Waals surface area contributed by atoms with Crippen LogP contribution < -0.4 is 11.1 Å². The Kier molecular flexibility index (Phi) is 5.22. The first-order valence-electron chi connectivity index (χ1n) is 5.89. The molecule has 5 heteroatoms. The van der Waals surface area contributed by atoms with Gasteiger partial charge in [0.2, 0.25) is 0 Å². The average Bonchev–Trinajstić information content (AvgIpc) is 2.25. The molecule has 3 nitrogen and oxygen atoms in total. The highest BCUT2D eigenvalue weighted by Gasteiger charge is 2.13. The molecule has 0 bridgehead atoms. The van der Waals surface area contributed by atoms with E-state index in [1.54, 1.807) is 0 Å². The standard InChI is InChI=1S/C13H18F2N2O/c1-8(2)5-10(16)7-17-13(18)11-4-3-9(14)6-12(11)15/h3-4,6,8,10H,5,7,16H2,1-2H3,(H,17,18). The lowest BCUT2D eigenvalue weighted by atomic mass is 10.0. The fourth-order valence-electron chi connectivity index (χ4n) is 1.68. The smallest absolute Gasteiger partial charge is 0.254 e. The summed E-state index contributed by atoms with van der Waals surface area (Å²) in [7, 11) is 0. The minimum Gasteiger partial charge on any atom is -0.350 e. The average molecular weight is 256 g/mol. The van der Waals surface area contributed by atoms with E-state index in [0.29, 0.717) is 12.0 Å². The van der Waals surface area contributed by atoms with Crippen LogP contribution in [0.4, 0.5) is 8.78 Å². The Bertz CT molecular complexity index is 421. The molecule has 0 aliphatic heterocycles. The van der Waals surface area contributed by atoms with Crippen LogP contribution in [0.3, 0.4) is 0 Å². The summed E-state index contributed by atoms with van der Waals surface area (Å²) in [6.45, 7) is 4.33. The first kappa shape index (κ1) is 14.6. The van der Waals surface area contributed by atoms with Gasteiger partial charge in [-0.2, -0.15) is 0 Å². The molecule has 1 amide bonds. The molecule has 1 aromatic carbocycles. The van der Waals surface area contributed by atoms with Crippen molar-refractivity contribution in [1.82, 2.24) is 5.32 Å². The van der Waals surface area contributed by atoms with E-state index in [2.05, 4.69) is 5.32 Å². The van der Waals surface area contributed by atoms with Gasteiger partial charge < -0.3 is 11.1 Å². The summed E-state index contributed by atoms with van der Waals surface area (Å²) in [5.74, 6) is -1.73. The van der Waals surface area contributed by atoms with Gasteiger partial charge in [0.15, 0.2) is 0 Å². The summed E-state index contributed by atoms with van der Waals surface area (Å²) in [6.07, 6.45) is 0.770. The molecule has 0 spiro atoms. The van der Waals surface area contributed by atoms with E-state index in [1.165, 1.54) is 0 Å². The van der Waals surface area contributed by atoms with Crippen molar-refractivity contribution in [3.63, 3.8) is 0 Å². The zero-order chi connectivity index (χ0) is 13.7. The van der Waals surface area contributed by atoms with Crippen LogP contribution in [0.1, 0.15) is 30.6 Å². The molecule has 0 heterocycles. The fourth-order valence-corrected chi connectivity index (χ4v) is 1.68. The third-order valence-corrected chi connectivity index (χ3v) is 2.47. The van der Waals surface area contributed by atoms with Crippen molar-refractivity contribution in [3.05, 3.63) is 35.4 Å². The van der Waals surface area contributed by atoms with Crippen molar-refractivity contribution in [2.24, 2.45) is 11.7 Å². The van der Waals surface area contributed by atoms with E-state index in [-0.39, 0.29) is 18.2 Å². The number of nitrogens with two attached hydrogens (primary N) is 1. The molecule has 0 aromatic heterocycles. The molecule has 0 radical (unpaired) electrons. The highest BCUT2D eigenvalue weighted by Crippen LogP contribution is 2.09. The summed E-state index contributed by atoms with van der Waals surface area (Å²) < 4.78 is 26.0. The molecule has 1 rings (SSSR count). The van der Waals surface area contributed by atoms with Crippen molar-refractivity contribution >= 4 is 5.91 Å². The lowest BCUT2D eigenvalue weighted by Gasteiger charge is -2.14. The van der Waals surface area contributed by atoms with Crippen molar-refractivity contribution < 1.29 is 13.6 Å². The van der Waals surface area contributed by atoms with E-state index in [0.717, 1.165) is 18.6 Å². The molecular weight excluding hydrogens is 238 g/mol. The minimum atomic E-state index is -0.870. The lowest BCUT2D eigenvalue weighted by molar-refractivity contribution is 0.0946. The molecule has 1 atom stereocenters. The number of halogens is 2. The first-order chi connectivity index (χ1) is 8.40. The predicted molar refractivity (Wildman–Crippen MR) is 66.1 cm³/mol. The summed E-state index contributed by atoms with van der Waals surface area (Å²) >= 11 is 0. The van der Waals surface area contributed by atoms with E-state index >= 15 is 0 Å².